The van der Waals surface area contributed by atoms with E-state index >= 15 is 0 Å². The van der Waals surface area contributed by atoms with Gasteiger partial charge in [0, 0.05) is 17.1 Å². The van der Waals surface area contributed by atoms with Crippen molar-refractivity contribution in [1.29, 1.82) is 0 Å². The molecular formula is C19H13ClF3N3O6S. The second kappa shape index (κ2) is 8.23. The molecule has 0 atom stereocenters. The highest BCUT2D eigenvalue weighted by molar-refractivity contribution is 7.88. The summed E-state index contributed by atoms with van der Waals surface area (Å²) < 4.78 is 80.8. The summed E-state index contributed by atoms with van der Waals surface area (Å²) >= 11 is 6.18. The molecule has 9 nitrogen and oxygen atoms in total. The Morgan fingerprint density at radius 2 is 1.94 bits per heavy atom. The number of nitrogens with zero attached hydrogens (tertiary/aromatic N) is 3. The van der Waals surface area contributed by atoms with Crippen LogP contribution in [0.2, 0.25) is 5.02 Å². The molecule has 0 aliphatic rings. The number of rotatable bonds is 6. The first-order valence-electron chi connectivity index (χ1n) is 9.14. The lowest BCUT2D eigenvalue weighted by Gasteiger charge is -2.10. The van der Waals surface area contributed by atoms with Crippen molar-refractivity contribution in [2.45, 2.75) is 25.5 Å². The summed E-state index contributed by atoms with van der Waals surface area (Å²) in [7, 11) is -5.88. The van der Waals surface area contributed by atoms with Gasteiger partial charge in [0.15, 0.2) is 11.3 Å². The third-order valence-electron chi connectivity index (χ3n) is 4.13. The van der Waals surface area contributed by atoms with E-state index in [0.29, 0.717) is 11.1 Å². The normalized spacial score (nSPS) is 12.5. The molecule has 0 unspecified atom stereocenters. The molecule has 33 heavy (non-hydrogen) atoms. The standard InChI is InChI=1S/C19H13ClF3N3O6S/c1-9(2)30-18-13(20)7-10(8-24-18)17-25-16(26-31-17)12-3-4-14(15-11(12)5-6-29-15)32-33(27,28)19(21,22)23/h3-9H,1-2H3. The Labute approximate surface area is 189 Å². The number of hydrogen-bond donors (Lipinski definition) is 0. The van der Waals surface area contributed by atoms with Gasteiger partial charge in [-0.05, 0) is 38.1 Å². The lowest BCUT2D eigenvalue weighted by atomic mass is 10.1. The largest absolute Gasteiger partial charge is 0.534 e. The van der Waals surface area contributed by atoms with Gasteiger partial charge in [0.25, 0.3) is 5.89 Å². The van der Waals surface area contributed by atoms with E-state index in [-0.39, 0.29) is 39.7 Å². The highest BCUT2D eigenvalue weighted by Crippen LogP contribution is 2.37. The molecule has 0 fully saturated rings. The van der Waals surface area contributed by atoms with Crippen LogP contribution in [0, 0.1) is 0 Å². The van der Waals surface area contributed by atoms with Gasteiger partial charge in [-0.3, -0.25) is 0 Å². The molecule has 174 valence electrons. The van der Waals surface area contributed by atoms with Crippen molar-refractivity contribution in [2.75, 3.05) is 0 Å². The Balaban J connectivity index is 1.68. The summed E-state index contributed by atoms with van der Waals surface area (Å²) in [4.78, 5) is 8.38. The average Bonchev–Trinajstić information content (AvgIpc) is 3.38. The van der Waals surface area contributed by atoms with Gasteiger partial charge in [0.1, 0.15) is 5.02 Å². The van der Waals surface area contributed by atoms with E-state index in [1.54, 1.807) is 0 Å². The van der Waals surface area contributed by atoms with Crippen LogP contribution in [0.3, 0.4) is 0 Å². The van der Waals surface area contributed by atoms with Crippen LogP contribution in [0.4, 0.5) is 13.2 Å². The van der Waals surface area contributed by atoms with Gasteiger partial charge in [-0.1, -0.05) is 16.8 Å². The number of alkyl halides is 3. The van der Waals surface area contributed by atoms with E-state index in [1.165, 1.54) is 24.4 Å². The number of halogens is 4. The van der Waals surface area contributed by atoms with Crippen molar-refractivity contribution >= 4 is 32.7 Å². The van der Waals surface area contributed by atoms with Crippen LogP contribution in [-0.2, 0) is 10.1 Å². The Morgan fingerprint density at radius 1 is 1.18 bits per heavy atom. The highest BCUT2D eigenvalue weighted by Gasteiger charge is 2.49. The van der Waals surface area contributed by atoms with Crippen LogP contribution in [0.1, 0.15) is 13.8 Å². The number of pyridine rings is 1. The van der Waals surface area contributed by atoms with Crippen molar-refractivity contribution in [3.05, 3.63) is 41.7 Å². The molecule has 0 bridgehead atoms. The van der Waals surface area contributed by atoms with Crippen molar-refractivity contribution < 1.29 is 39.4 Å². The molecule has 1 aromatic carbocycles. The first kappa shape index (κ1) is 22.9. The first-order chi connectivity index (χ1) is 15.5. The molecule has 0 aliphatic carbocycles. The van der Waals surface area contributed by atoms with Crippen molar-refractivity contribution in [3.63, 3.8) is 0 Å². The van der Waals surface area contributed by atoms with Gasteiger partial charge >= 0.3 is 15.6 Å². The molecule has 4 rings (SSSR count). The zero-order valence-corrected chi connectivity index (χ0v) is 18.3. The molecule has 0 spiro atoms. The fourth-order valence-electron chi connectivity index (χ4n) is 2.77. The Kier molecular flexibility index (Phi) is 5.70. The van der Waals surface area contributed by atoms with Gasteiger partial charge in [-0.2, -0.15) is 26.6 Å². The minimum atomic E-state index is -5.88. The van der Waals surface area contributed by atoms with Crippen LogP contribution in [0.15, 0.2) is 45.7 Å². The number of fused-ring (bicyclic) bond motifs is 1. The van der Waals surface area contributed by atoms with E-state index < -0.39 is 21.4 Å². The third kappa shape index (κ3) is 4.46. The molecule has 0 amide bonds. The van der Waals surface area contributed by atoms with Gasteiger partial charge < -0.3 is 17.9 Å². The maximum absolute atomic E-state index is 12.7. The number of ether oxygens (including phenoxy) is 1. The maximum Gasteiger partial charge on any atom is 0.534 e. The molecule has 3 heterocycles. The fraction of sp³-hybridized carbons (Fsp3) is 0.211. The number of benzene rings is 1. The Bertz CT molecular complexity index is 1430. The molecule has 4 aromatic rings. The second-order valence-corrected chi connectivity index (χ2v) is 8.80. The van der Waals surface area contributed by atoms with Gasteiger partial charge in [-0.15, -0.1) is 0 Å². The third-order valence-corrected chi connectivity index (χ3v) is 5.37. The van der Waals surface area contributed by atoms with E-state index in [1.807, 2.05) is 13.8 Å². The maximum atomic E-state index is 12.7. The monoisotopic (exact) mass is 503 g/mol. The van der Waals surface area contributed by atoms with Crippen molar-refractivity contribution in [1.82, 2.24) is 15.1 Å². The number of aromatic nitrogens is 3. The summed E-state index contributed by atoms with van der Waals surface area (Å²) in [5.41, 5.74) is -5.15. The minimum Gasteiger partial charge on any atom is -0.474 e. The van der Waals surface area contributed by atoms with Crippen LogP contribution < -0.4 is 8.92 Å². The summed E-state index contributed by atoms with van der Waals surface area (Å²) in [5.74, 6) is -0.288. The Morgan fingerprint density at radius 3 is 2.61 bits per heavy atom. The van der Waals surface area contributed by atoms with Gasteiger partial charge in [0.2, 0.25) is 11.7 Å². The van der Waals surface area contributed by atoms with E-state index in [9.17, 15) is 21.6 Å². The zero-order chi connectivity index (χ0) is 24.0. The lowest BCUT2D eigenvalue weighted by Crippen LogP contribution is -2.28. The number of furan rings is 1. The van der Waals surface area contributed by atoms with Crippen LogP contribution in [0.5, 0.6) is 11.6 Å². The predicted molar refractivity (Wildman–Crippen MR) is 109 cm³/mol. The molecular weight excluding hydrogens is 491 g/mol. The van der Waals surface area contributed by atoms with E-state index in [2.05, 4.69) is 19.3 Å². The van der Waals surface area contributed by atoms with E-state index in [0.717, 1.165) is 12.3 Å². The van der Waals surface area contributed by atoms with Crippen molar-refractivity contribution in [3.8, 4) is 34.5 Å². The number of hydrogen-bond acceptors (Lipinski definition) is 9. The van der Waals surface area contributed by atoms with E-state index in [4.69, 9.17) is 25.3 Å². The minimum absolute atomic E-state index is 0.0558. The molecule has 0 radical (unpaired) electrons. The molecule has 3 aromatic heterocycles. The molecule has 0 N–H and O–H groups in total. The second-order valence-electron chi connectivity index (χ2n) is 6.86. The summed E-state index contributed by atoms with van der Waals surface area (Å²) in [5, 5.41) is 4.30. The predicted octanol–water partition coefficient (Wildman–Crippen LogP) is 5.21. The molecule has 0 saturated carbocycles. The SMILES string of the molecule is CC(C)Oc1ncc(-c2nc(-c3ccc(OS(=O)(=O)C(F)(F)F)c4occc34)no2)cc1Cl. The van der Waals surface area contributed by atoms with Gasteiger partial charge in [0.05, 0.1) is 17.9 Å². The molecule has 0 saturated heterocycles. The van der Waals surface area contributed by atoms with Crippen molar-refractivity contribution in [2.24, 2.45) is 0 Å². The van der Waals surface area contributed by atoms with Gasteiger partial charge in [-0.25, -0.2) is 4.98 Å². The smallest absolute Gasteiger partial charge is 0.474 e. The van der Waals surface area contributed by atoms with Crippen LogP contribution >= 0.6 is 11.6 Å². The van der Waals surface area contributed by atoms with Crippen LogP contribution in [-0.4, -0.2) is 35.2 Å². The topological polar surface area (TPSA) is 118 Å². The highest BCUT2D eigenvalue weighted by atomic mass is 35.5. The average molecular weight is 504 g/mol. The fourth-order valence-corrected chi connectivity index (χ4v) is 3.44. The molecule has 14 heteroatoms. The summed E-state index contributed by atoms with van der Waals surface area (Å²) in [6.45, 7) is 3.64. The Hall–Kier alpha value is -3.32. The summed E-state index contributed by atoms with van der Waals surface area (Å²) in [6, 6.07) is 5.19. The quantitative estimate of drug-likeness (QED) is 0.258. The lowest BCUT2D eigenvalue weighted by molar-refractivity contribution is -0.0499. The van der Waals surface area contributed by atoms with Crippen LogP contribution in [0.25, 0.3) is 33.8 Å². The molecule has 0 aliphatic heterocycles. The zero-order valence-electron chi connectivity index (χ0n) is 16.8. The first-order valence-corrected chi connectivity index (χ1v) is 10.9. The summed E-state index contributed by atoms with van der Waals surface area (Å²) in [6.07, 6.45) is 2.44.